The van der Waals surface area contributed by atoms with Gasteiger partial charge in [-0.05, 0) is 12.5 Å². The van der Waals surface area contributed by atoms with E-state index in [2.05, 4.69) is 17.2 Å². The lowest BCUT2D eigenvalue weighted by Crippen LogP contribution is -2.04. The van der Waals surface area contributed by atoms with Gasteiger partial charge in [0.2, 0.25) is 0 Å². The number of rotatable bonds is 3. The Morgan fingerprint density at radius 3 is 3.00 bits per heavy atom. The summed E-state index contributed by atoms with van der Waals surface area (Å²) >= 11 is 5.68. The first-order valence-corrected chi connectivity index (χ1v) is 4.26. The third kappa shape index (κ3) is 2.27. The van der Waals surface area contributed by atoms with E-state index in [-0.39, 0.29) is 0 Å². The lowest BCUT2D eigenvalue weighted by Gasteiger charge is -2.06. The highest BCUT2D eigenvalue weighted by atomic mass is 35.5. The predicted molar refractivity (Wildman–Crippen MR) is 52.4 cm³/mol. The van der Waals surface area contributed by atoms with Crippen LogP contribution in [0.15, 0.2) is 12.3 Å². The quantitative estimate of drug-likeness (QED) is 0.759. The van der Waals surface area contributed by atoms with Crippen molar-refractivity contribution in [3.8, 4) is 0 Å². The predicted octanol–water partition coefficient (Wildman–Crippen LogP) is 2.14. The maximum atomic E-state index is 5.68. The molecule has 0 unspecified atom stereocenters. The number of hydrogen-bond acceptors (Lipinski definition) is 3. The van der Waals surface area contributed by atoms with Gasteiger partial charge in [0.15, 0.2) is 0 Å². The van der Waals surface area contributed by atoms with Crippen molar-refractivity contribution >= 4 is 23.1 Å². The summed E-state index contributed by atoms with van der Waals surface area (Å²) in [5.41, 5.74) is 6.25. The fourth-order valence-electron chi connectivity index (χ4n) is 0.846. The highest BCUT2D eigenvalue weighted by Gasteiger charge is 1.98. The van der Waals surface area contributed by atoms with Crippen molar-refractivity contribution in [3.05, 3.63) is 17.3 Å². The van der Waals surface area contributed by atoms with Crippen LogP contribution in [0.4, 0.5) is 11.5 Å². The zero-order chi connectivity index (χ0) is 8.97. The van der Waals surface area contributed by atoms with Crippen LogP contribution in [0.1, 0.15) is 13.3 Å². The molecule has 0 spiro atoms. The summed E-state index contributed by atoms with van der Waals surface area (Å²) in [7, 11) is 0. The number of nitrogen functional groups attached to an aromatic ring is 1. The molecule has 0 amide bonds. The molecule has 1 aromatic heterocycles. The van der Waals surface area contributed by atoms with Crippen LogP contribution in [0.2, 0.25) is 5.02 Å². The molecule has 0 aliphatic heterocycles. The van der Waals surface area contributed by atoms with Crippen LogP contribution in [0, 0.1) is 0 Å². The van der Waals surface area contributed by atoms with Crippen LogP contribution in [-0.2, 0) is 0 Å². The Balaban J connectivity index is 2.72. The molecule has 1 aromatic rings. The van der Waals surface area contributed by atoms with Gasteiger partial charge in [-0.1, -0.05) is 18.5 Å². The molecule has 0 saturated heterocycles. The Bertz CT molecular complexity index is 262. The third-order valence-electron chi connectivity index (χ3n) is 1.43. The number of halogens is 1. The largest absolute Gasteiger partial charge is 0.396 e. The van der Waals surface area contributed by atoms with Gasteiger partial charge in [-0.15, -0.1) is 0 Å². The molecule has 0 fully saturated rings. The number of nitrogens with one attached hydrogen (secondary N) is 1. The molecule has 0 saturated carbocycles. The molecule has 3 nitrogen and oxygen atoms in total. The highest BCUT2D eigenvalue weighted by Crippen LogP contribution is 2.18. The number of aromatic nitrogens is 1. The fraction of sp³-hybridized carbons (Fsp3) is 0.375. The Hall–Kier alpha value is -0.960. The van der Waals surface area contributed by atoms with Crippen molar-refractivity contribution in [3.63, 3.8) is 0 Å². The molecule has 0 aliphatic carbocycles. The van der Waals surface area contributed by atoms with Gasteiger partial charge in [-0.2, -0.15) is 0 Å². The lowest BCUT2D eigenvalue weighted by atomic mass is 10.4. The molecule has 0 radical (unpaired) electrons. The smallest absolute Gasteiger partial charge is 0.149 e. The lowest BCUT2D eigenvalue weighted by molar-refractivity contribution is 0.970. The fourth-order valence-corrected chi connectivity index (χ4v) is 1.01. The van der Waals surface area contributed by atoms with Crippen molar-refractivity contribution in [2.75, 3.05) is 17.6 Å². The normalized spacial score (nSPS) is 9.83. The topological polar surface area (TPSA) is 50.9 Å². The van der Waals surface area contributed by atoms with Crippen LogP contribution in [-0.4, -0.2) is 11.5 Å². The Morgan fingerprint density at radius 2 is 2.42 bits per heavy atom. The SMILES string of the molecule is CCCNc1ncc(Cl)cc1N. The molecule has 66 valence electrons. The van der Waals surface area contributed by atoms with Crippen LogP contribution in [0.3, 0.4) is 0 Å². The number of pyridine rings is 1. The average Bonchev–Trinajstić information content (AvgIpc) is 2.03. The zero-order valence-corrected chi connectivity index (χ0v) is 7.73. The molecule has 0 atom stereocenters. The third-order valence-corrected chi connectivity index (χ3v) is 1.63. The molecule has 0 bridgehead atoms. The van der Waals surface area contributed by atoms with Gasteiger partial charge in [-0.3, -0.25) is 0 Å². The summed E-state index contributed by atoms with van der Waals surface area (Å²) < 4.78 is 0. The Morgan fingerprint density at radius 1 is 1.67 bits per heavy atom. The molecule has 0 aliphatic rings. The maximum Gasteiger partial charge on any atom is 0.149 e. The molecule has 12 heavy (non-hydrogen) atoms. The second-order valence-corrected chi connectivity index (χ2v) is 2.95. The van der Waals surface area contributed by atoms with Crippen molar-refractivity contribution in [1.82, 2.24) is 4.98 Å². The monoisotopic (exact) mass is 185 g/mol. The van der Waals surface area contributed by atoms with Crippen molar-refractivity contribution in [2.24, 2.45) is 0 Å². The number of nitrogens with two attached hydrogens (primary N) is 1. The van der Waals surface area contributed by atoms with Crippen LogP contribution >= 0.6 is 11.6 Å². The van der Waals surface area contributed by atoms with Gasteiger partial charge < -0.3 is 11.1 Å². The summed E-state index contributed by atoms with van der Waals surface area (Å²) in [5.74, 6) is 0.709. The summed E-state index contributed by atoms with van der Waals surface area (Å²) in [5, 5.41) is 3.66. The summed E-state index contributed by atoms with van der Waals surface area (Å²) in [6.45, 7) is 2.96. The van der Waals surface area contributed by atoms with Gasteiger partial charge in [-0.25, -0.2) is 4.98 Å². The van der Waals surface area contributed by atoms with Gasteiger partial charge in [0.25, 0.3) is 0 Å². The minimum atomic E-state index is 0.564. The van der Waals surface area contributed by atoms with E-state index >= 15 is 0 Å². The molecule has 3 N–H and O–H groups in total. The molecular formula is C8H12ClN3. The van der Waals surface area contributed by atoms with Crippen LogP contribution in [0.25, 0.3) is 0 Å². The average molecular weight is 186 g/mol. The minimum absolute atomic E-state index is 0.564. The van der Waals surface area contributed by atoms with Crippen molar-refractivity contribution < 1.29 is 0 Å². The van der Waals surface area contributed by atoms with E-state index in [0.29, 0.717) is 16.5 Å². The van der Waals surface area contributed by atoms with Gasteiger partial charge in [0.1, 0.15) is 5.82 Å². The molecule has 4 heteroatoms. The van der Waals surface area contributed by atoms with Crippen molar-refractivity contribution in [1.29, 1.82) is 0 Å². The number of nitrogens with zero attached hydrogens (tertiary/aromatic N) is 1. The van der Waals surface area contributed by atoms with Crippen LogP contribution in [0.5, 0.6) is 0 Å². The second kappa shape index (κ2) is 4.16. The van der Waals surface area contributed by atoms with Gasteiger partial charge in [0.05, 0.1) is 10.7 Å². The van der Waals surface area contributed by atoms with Crippen molar-refractivity contribution in [2.45, 2.75) is 13.3 Å². The first-order valence-electron chi connectivity index (χ1n) is 3.89. The standard InChI is InChI=1S/C8H12ClN3/c1-2-3-11-8-7(10)4-6(9)5-12-8/h4-5H,2-3,10H2,1H3,(H,11,12). The Kier molecular flexibility index (Phi) is 3.17. The van der Waals surface area contributed by atoms with E-state index in [0.717, 1.165) is 13.0 Å². The molecule has 1 rings (SSSR count). The molecular weight excluding hydrogens is 174 g/mol. The first kappa shape index (κ1) is 9.13. The van der Waals surface area contributed by atoms with E-state index in [1.54, 1.807) is 12.3 Å². The molecule has 0 aromatic carbocycles. The summed E-state index contributed by atoms with van der Waals surface area (Å²) in [6, 6.07) is 1.69. The highest BCUT2D eigenvalue weighted by molar-refractivity contribution is 6.30. The minimum Gasteiger partial charge on any atom is -0.396 e. The van der Waals surface area contributed by atoms with E-state index in [1.807, 2.05) is 0 Å². The second-order valence-electron chi connectivity index (χ2n) is 2.52. The maximum absolute atomic E-state index is 5.68. The van der Waals surface area contributed by atoms with E-state index < -0.39 is 0 Å². The number of anilines is 2. The van der Waals surface area contributed by atoms with E-state index in [4.69, 9.17) is 17.3 Å². The first-order chi connectivity index (χ1) is 5.74. The summed E-state index contributed by atoms with van der Waals surface area (Å²) in [4.78, 5) is 4.05. The van der Waals surface area contributed by atoms with E-state index in [9.17, 15) is 0 Å². The van der Waals surface area contributed by atoms with E-state index in [1.165, 1.54) is 0 Å². The zero-order valence-electron chi connectivity index (χ0n) is 6.97. The summed E-state index contributed by atoms with van der Waals surface area (Å²) in [6.07, 6.45) is 2.62. The van der Waals surface area contributed by atoms with Gasteiger partial charge >= 0.3 is 0 Å². The Labute approximate surface area is 76.9 Å². The molecule has 1 heterocycles. The number of hydrogen-bond donors (Lipinski definition) is 2. The van der Waals surface area contributed by atoms with Crippen LogP contribution < -0.4 is 11.1 Å². The van der Waals surface area contributed by atoms with Gasteiger partial charge in [0, 0.05) is 12.7 Å².